The van der Waals surface area contributed by atoms with Crippen molar-refractivity contribution in [2.24, 2.45) is 0 Å². The van der Waals surface area contributed by atoms with Gasteiger partial charge in [0.15, 0.2) is 5.37 Å². The maximum Gasteiger partial charge on any atom is 0.285 e. The zero-order chi connectivity index (χ0) is 10.8. The lowest BCUT2D eigenvalue weighted by molar-refractivity contribution is 0.475. The number of anilines is 1. The molecule has 0 heterocycles. The molecule has 2 N–H and O–H groups in total. The summed E-state index contributed by atoms with van der Waals surface area (Å²) in [7, 11) is -4.07. The van der Waals surface area contributed by atoms with E-state index in [1.54, 1.807) is 24.3 Å². The van der Waals surface area contributed by atoms with Crippen molar-refractivity contribution >= 4 is 27.4 Å². The summed E-state index contributed by atoms with van der Waals surface area (Å²) >= 11 is 5.69. The van der Waals surface area contributed by atoms with Gasteiger partial charge in [-0.25, -0.2) is 0 Å². The Labute approximate surface area is 87.6 Å². The number of rotatable bonds is 3. The Morgan fingerprint density at radius 1 is 1.50 bits per heavy atom. The summed E-state index contributed by atoms with van der Waals surface area (Å²) in [5, 5.41) is 2.04. The van der Waals surface area contributed by atoms with E-state index >= 15 is 0 Å². The molecule has 0 radical (unpaired) electrons. The first-order valence-corrected chi connectivity index (χ1v) is 5.76. The first kappa shape index (κ1) is 11.3. The van der Waals surface area contributed by atoms with E-state index in [1.165, 1.54) is 6.92 Å². The van der Waals surface area contributed by atoms with Crippen molar-refractivity contribution in [3.8, 4) is 0 Å². The van der Waals surface area contributed by atoms with Crippen LogP contribution in [0.4, 0.5) is 5.69 Å². The van der Waals surface area contributed by atoms with E-state index in [0.29, 0.717) is 10.7 Å². The Bertz CT molecular complexity index is 418. The Morgan fingerprint density at radius 2 is 2.14 bits per heavy atom. The van der Waals surface area contributed by atoms with Crippen molar-refractivity contribution in [1.82, 2.24) is 0 Å². The second kappa shape index (κ2) is 4.16. The highest BCUT2D eigenvalue weighted by atomic mass is 35.5. The summed E-state index contributed by atoms with van der Waals surface area (Å²) in [5.74, 6) is 0. The largest absolute Gasteiger partial charge is 0.367 e. The summed E-state index contributed by atoms with van der Waals surface area (Å²) in [4.78, 5) is 0. The third-order valence-electron chi connectivity index (χ3n) is 1.64. The first-order valence-electron chi connectivity index (χ1n) is 3.88. The quantitative estimate of drug-likeness (QED) is 0.787. The molecule has 0 amide bonds. The van der Waals surface area contributed by atoms with Crippen molar-refractivity contribution in [1.29, 1.82) is 0 Å². The fourth-order valence-electron chi connectivity index (χ4n) is 0.887. The molecule has 0 saturated carbocycles. The highest BCUT2D eigenvalue weighted by molar-refractivity contribution is 7.86. The van der Waals surface area contributed by atoms with Gasteiger partial charge in [0.25, 0.3) is 10.1 Å². The van der Waals surface area contributed by atoms with Crippen LogP contribution in [0.3, 0.4) is 0 Å². The molecule has 0 aromatic heterocycles. The molecule has 0 spiro atoms. The summed E-state index contributed by atoms with van der Waals surface area (Å²) in [6, 6.07) is 6.59. The van der Waals surface area contributed by atoms with E-state index < -0.39 is 15.5 Å². The molecule has 0 unspecified atom stereocenters. The van der Waals surface area contributed by atoms with Crippen LogP contribution in [0.25, 0.3) is 0 Å². The van der Waals surface area contributed by atoms with Gasteiger partial charge in [-0.3, -0.25) is 4.55 Å². The van der Waals surface area contributed by atoms with Crippen molar-refractivity contribution in [2.45, 2.75) is 12.3 Å². The summed E-state index contributed by atoms with van der Waals surface area (Å²) < 4.78 is 30.1. The van der Waals surface area contributed by atoms with E-state index in [0.717, 1.165) is 0 Å². The minimum Gasteiger partial charge on any atom is -0.367 e. The number of halogens is 1. The lowest BCUT2D eigenvalue weighted by Gasteiger charge is -2.11. The van der Waals surface area contributed by atoms with Gasteiger partial charge in [0.2, 0.25) is 0 Å². The normalized spacial score (nSPS) is 13.6. The Hall–Kier alpha value is -0.780. The number of nitrogens with one attached hydrogen (secondary N) is 1. The van der Waals surface area contributed by atoms with E-state index in [-0.39, 0.29) is 0 Å². The number of benzene rings is 1. The van der Waals surface area contributed by atoms with Gasteiger partial charge in [-0.1, -0.05) is 17.7 Å². The van der Waals surface area contributed by atoms with Gasteiger partial charge in [-0.05, 0) is 25.1 Å². The molecule has 6 heteroatoms. The van der Waals surface area contributed by atoms with Gasteiger partial charge < -0.3 is 5.32 Å². The molecule has 0 bridgehead atoms. The first-order chi connectivity index (χ1) is 6.39. The van der Waals surface area contributed by atoms with E-state index in [2.05, 4.69) is 5.32 Å². The molecular weight excluding hydrogens is 226 g/mol. The van der Waals surface area contributed by atoms with Crippen molar-refractivity contribution < 1.29 is 13.0 Å². The lowest BCUT2D eigenvalue weighted by Crippen LogP contribution is -2.25. The maximum absolute atomic E-state index is 10.7. The topological polar surface area (TPSA) is 66.4 Å². The number of hydrogen-bond acceptors (Lipinski definition) is 3. The monoisotopic (exact) mass is 235 g/mol. The van der Waals surface area contributed by atoms with Crippen LogP contribution < -0.4 is 5.32 Å². The average Bonchev–Trinajstić information content (AvgIpc) is 2.02. The summed E-state index contributed by atoms with van der Waals surface area (Å²) in [6.07, 6.45) is 0. The van der Waals surface area contributed by atoms with Crippen molar-refractivity contribution in [2.75, 3.05) is 5.32 Å². The molecule has 0 aliphatic heterocycles. The van der Waals surface area contributed by atoms with Crippen LogP contribution in [0, 0.1) is 0 Å². The third kappa shape index (κ3) is 3.17. The van der Waals surface area contributed by atoms with Crippen LogP contribution in [-0.4, -0.2) is 18.3 Å². The smallest absolute Gasteiger partial charge is 0.285 e. The molecular formula is C8H10ClNO3S. The van der Waals surface area contributed by atoms with Gasteiger partial charge in [0.1, 0.15) is 0 Å². The minimum absolute atomic E-state index is 0.498. The van der Waals surface area contributed by atoms with Crippen LogP contribution in [0.5, 0.6) is 0 Å². The zero-order valence-electron chi connectivity index (χ0n) is 7.44. The van der Waals surface area contributed by atoms with Crippen LogP contribution >= 0.6 is 11.6 Å². The lowest BCUT2D eigenvalue weighted by atomic mass is 10.3. The van der Waals surface area contributed by atoms with E-state index in [1.807, 2.05) is 0 Å². The number of hydrogen-bond donors (Lipinski definition) is 2. The van der Waals surface area contributed by atoms with Crippen LogP contribution in [0.15, 0.2) is 24.3 Å². The van der Waals surface area contributed by atoms with Gasteiger partial charge in [0, 0.05) is 10.7 Å². The SMILES string of the molecule is C[C@@H](Nc1cccc(Cl)c1)S(=O)(=O)O. The summed E-state index contributed by atoms with van der Waals surface area (Å²) in [5.41, 5.74) is 0.544. The van der Waals surface area contributed by atoms with Crippen LogP contribution in [0.2, 0.25) is 5.02 Å². The van der Waals surface area contributed by atoms with Gasteiger partial charge in [-0.15, -0.1) is 0 Å². The van der Waals surface area contributed by atoms with Gasteiger partial charge in [-0.2, -0.15) is 8.42 Å². The third-order valence-corrected chi connectivity index (χ3v) is 2.89. The van der Waals surface area contributed by atoms with Crippen molar-refractivity contribution in [3.05, 3.63) is 29.3 Å². The fraction of sp³-hybridized carbons (Fsp3) is 0.250. The predicted octanol–water partition coefficient (Wildman–Crippen LogP) is 1.99. The Balaban J connectivity index is 2.80. The molecule has 1 rings (SSSR count). The zero-order valence-corrected chi connectivity index (χ0v) is 9.01. The van der Waals surface area contributed by atoms with Gasteiger partial charge >= 0.3 is 0 Å². The van der Waals surface area contributed by atoms with Crippen molar-refractivity contribution in [3.63, 3.8) is 0 Å². The molecule has 1 aromatic carbocycles. The second-order valence-electron chi connectivity index (χ2n) is 2.81. The molecule has 0 fully saturated rings. The highest BCUT2D eigenvalue weighted by Crippen LogP contribution is 2.16. The molecule has 1 atom stereocenters. The molecule has 78 valence electrons. The summed E-state index contributed by atoms with van der Waals surface area (Å²) in [6.45, 7) is 1.34. The van der Waals surface area contributed by atoms with Gasteiger partial charge in [0.05, 0.1) is 0 Å². The second-order valence-corrected chi connectivity index (χ2v) is 4.99. The fourth-order valence-corrected chi connectivity index (χ4v) is 1.36. The van der Waals surface area contributed by atoms with Crippen LogP contribution in [0.1, 0.15) is 6.92 Å². The predicted molar refractivity (Wildman–Crippen MR) is 56.1 cm³/mol. The standard InChI is InChI=1S/C8H10ClNO3S/c1-6(14(11,12)13)10-8-4-2-3-7(9)5-8/h2-6,10H,1H3,(H,11,12,13)/t6-/m0/s1. The molecule has 14 heavy (non-hydrogen) atoms. The Morgan fingerprint density at radius 3 is 2.64 bits per heavy atom. The average molecular weight is 236 g/mol. The highest BCUT2D eigenvalue weighted by Gasteiger charge is 2.16. The van der Waals surface area contributed by atoms with E-state index in [9.17, 15) is 8.42 Å². The van der Waals surface area contributed by atoms with Crippen LogP contribution in [-0.2, 0) is 10.1 Å². The molecule has 0 saturated heterocycles. The Kier molecular flexibility index (Phi) is 3.36. The molecule has 0 aliphatic rings. The molecule has 4 nitrogen and oxygen atoms in total. The molecule has 1 aromatic rings. The molecule has 0 aliphatic carbocycles. The maximum atomic E-state index is 10.7. The minimum atomic E-state index is -4.07. The van der Waals surface area contributed by atoms with E-state index in [4.69, 9.17) is 16.2 Å².